The van der Waals surface area contributed by atoms with Crippen LogP contribution in [0.4, 0.5) is 4.79 Å². The number of hydrogen-bond acceptors (Lipinski definition) is 3. The van der Waals surface area contributed by atoms with Crippen LogP contribution in [0.5, 0.6) is 0 Å². The number of benzene rings is 1. The number of halogens is 1. The summed E-state index contributed by atoms with van der Waals surface area (Å²) in [6, 6.07) is 8.02. The van der Waals surface area contributed by atoms with Crippen molar-refractivity contribution in [3.8, 4) is 0 Å². The highest BCUT2D eigenvalue weighted by Crippen LogP contribution is 2.50. The van der Waals surface area contributed by atoms with Gasteiger partial charge in [0, 0.05) is 23.9 Å². The molecule has 4 nitrogen and oxygen atoms in total. The summed E-state index contributed by atoms with van der Waals surface area (Å²) in [6.07, 6.45) is 3.22. The van der Waals surface area contributed by atoms with Crippen LogP contribution in [0, 0.1) is 5.92 Å². The maximum Gasteiger partial charge on any atom is 0.410 e. The molecule has 1 N–H and O–H groups in total. The summed E-state index contributed by atoms with van der Waals surface area (Å²) in [4.78, 5) is 14.5. The average Bonchev–Trinajstić information content (AvgIpc) is 3.31. The molecule has 1 aromatic carbocycles. The number of amides is 1. The first-order valence-electron chi connectivity index (χ1n) is 8.68. The van der Waals surface area contributed by atoms with Gasteiger partial charge in [0.15, 0.2) is 0 Å². The van der Waals surface area contributed by atoms with E-state index in [4.69, 9.17) is 4.74 Å². The molecule has 1 saturated heterocycles. The first-order valence-corrected chi connectivity index (χ1v) is 9.47. The van der Waals surface area contributed by atoms with Crippen molar-refractivity contribution in [2.75, 3.05) is 6.54 Å². The molecule has 2 atom stereocenters. The molecule has 1 amide bonds. The second kappa shape index (κ2) is 6.34. The number of carbonyl (C=O) groups excluding carboxylic acids is 1. The number of nitrogens with zero attached hydrogens (tertiary/aromatic N) is 1. The molecule has 2 fully saturated rings. The smallest absolute Gasteiger partial charge is 0.410 e. The van der Waals surface area contributed by atoms with E-state index in [1.54, 1.807) is 18.7 Å². The SMILES string of the molecule is C[C@@H](c1ccc(Br)cc1)N1CC[C@@](CC(C)(C)O)(C2CC2)OC1=O. The highest BCUT2D eigenvalue weighted by atomic mass is 79.9. The minimum atomic E-state index is -0.831. The fraction of sp³-hybridized carbons (Fsp3) is 0.632. The van der Waals surface area contributed by atoms with Crippen LogP contribution < -0.4 is 0 Å². The van der Waals surface area contributed by atoms with Crippen LogP contribution in [0.1, 0.15) is 58.1 Å². The molecule has 3 rings (SSSR count). The second-order valence-electron chi connectivity index (χ2n) is 7.87. The van der Waals surface area contributed by atoms with Gasteiger partial charge in [0.05, 0.1) is 11.6 Å². The summed E-state index contributed by atoms with van der Waals surface area (Å²) in [5.41, 5.74) is -0.232. The summed E-state index contributed by atoms with van der Waals surface area (Å²) in [5, 5.41) is 10.3. The monoisotopic (exact) mass is 395 g/mol. The van der Waals surface area contributed by atoms with Crippen molar-refractivity contribution in [2.24, 2.45) is 5.92 Å². The van der Waals surface area contributed by atoms with Crippen molar-refractivity contribution < 1.29 is 14.6 Å². The molecule has 1 aliphatic heterocycles. The molecular weight excluding hydrogens is 370 g/mol. The van der Waals surface area contributed by atoms with Gasteiger partial charge in [-0.3, -0.25) is 0 Å². The summed E-state index contributed by atoms with van der Waals surface area (Å²) in [7, 11) is 0. The molecule has 0 unspecified atom stereocenters. The van der Waals surface area contributed by atoms with Crippen LogP contribution in [0.3, 0.4) is 0 Å². The molecule has 0 bridgehead atoms. The quantitative estimate of drug-likeness (QED) is 0.788. The number of aliphatic hydroxyl groups is 1. The predicted octanol–water partition coefficient (Wildman–Crippen LogP) is 4.66. The Morgan fingerprint density at radius 3 is 2.50 bits per heavy atom. The van der Waals surface area contributed by atoms with Gasteiger partial charge in [-0.1, -0.05) is 28.1 Å². The number of rotatable bonds is 5. The highest BCUT2D eigenvalue weighted by Gasteiger charge is 2.53. The minimum Gasteiger partial charge on any atom is -0.442 e. The Labute approximate surface area is 152 Å². The molecule has 1 heterocycles. The molecule has 0 aromatic heterocycles. The average molecular weight is 396 g/mol. The van der Waals surface area contributed by atoms with E-state index < -0.39 is 11.2 Å². The van der Waals surface area contributed by atoms with E-state index in [0.29, 0.717) is 18.9 Å². The van der Waals surface area contributed by atoms with Gasteiger partial charge in [-0.15, -0.1) is 0 Å². The number of carbonyl (C=O) groups is 1. The Kier molecular flexibility index (Phi) is 4.69. The highest BCUT2D eigenvalue weighted by molar-refractivity contribution is 9.10. The van der Waals surface area contributed by atoms with Gasteiger partial charge in [0.1, 0.15) is 5.60 Å². The predicted molar refractivity (Wildman–Crippen MR) is 96.7 cm³/mol. The van der Waals surface area contributed by atoms with Gasteiger partial charge in [-0.25, -0.2) is 4.79 Å². The van der Waals surface area contributed by atoms with Gasteiger partial charge < -0.3 is 14.7 Å². The number of cyclic esters (lactones) is 1. The van der Waals surface area contributed by atoms with E-state index in [0.717, 1.165) is 29.3 Å². The van der Waals surface area contributed by atoms with Gasteiger partial charge in [-0.05, 0) is 57.2 Å². The molecule has 0 radical (unpaired) electrons. The maximum atomic E-state index is 12.7. The Balaban J connectivity index is 1.74. The number of hydrogen-bond donors (Lipinski definition) is 1. The lowest BCUT2D eigenvalue weighted by Gasteiger charge is -2.45. The Morgan fingerprint density at radius 1 is 1.38 bits per heavy atom. The second-order valence-corrected chi connectivity index (χ2v) is 8.78. The van der Waals surface area contributed by atoms with Crippen molar-refractivity contribution in [1.29, 1.82) is 0 Å². The summed E-state index contributed by atoms with van der Waals surface area (Å²) in [5.74, 6) is 0.401. The van der Waals surface area contributed by atoms with E-state index in [-0.39, 0.29) is 12.1 Å². The van der Waals surface area contributed by atoms with Crippen LogP contribution in [-0.2, 0) is 4.74 Å². The molecule has 1 aliphatic carbocycles. The topological polar surface area (TPSA) is 49.8 Å². The van der Waals surface area contributed by atoms with E-state index in [9.17, 15) is 9.90 Å². The van der Waals surface area contributed by atoms with E-state index in [1.165, 1.54) is 0 Å². The first-order chi connectivity index (χ1) is 11.2. The largest absolute Gasteiger partial charge is 0.442 e. The Hall–Kier alpha value is -1.07. The Bertz CT molecular complexity index is 606. The van der Waals surface area contributed by atoms with Gasteiger partial charge >= 0.3 is 6.09 Å². The van der Waals surface area contributed by atoms with E-state index in [2.05, 4.69) is 15.9 Å². The lowest BCUT2D eigenvalue weighted by molar-refractivity contribution is -0.108. The molecule has 5 heteroatoms. The Morgan fingerprint density at radius 2 is 2.00 bits per heavy atom. The van der Waals surface area contributed by atoms with Crippen LogP contribution in [0.15, 0.2) is 28.7 Å². The molecule has 1 aromatic rings. The van der Waals surface area contributed by atoms with Crippen molar-refractivity contribution >= 4 is 22.0 Å². The number of ether oxygens (including phenoxy) is 1. The maximum absolute atomic E-state index is 12.7. The van der Waals surface area contributed by atoms with E-state index >= 15 is 0 Å². The van der Waals surface area contributed by atoms with Crippen molar-refractivity contribution in [3.63, 3.8) is 0 Å². The lowest BCUT2D eigenvalue weighted by Crippen LogP contribution is -2.54. The van der Waals surface area contributed by atoms with Gasteiger partial charge in [0.25, 0.3) is 0 Å². The molecule has 1 saturated carbocycles. The minimum absolute atomic E-state index is 0.0232. The summed E-state index contributed by atoms with van der Waals surface area (Å²) in [6.45, 7) is 6.29. The van der Waals surface area contributed by atoms with E-state index in [1.807, 2.05) is 31.2 Å². The molecule has 2 aliphatic rings. The van der Waals surface area contributed by atoms with Crippen LogP contribution in [0.25, 0.3) is 0 Å². The molecule has 132 valence electrons. The van der Waals surface area contributed by atoms with Gasteiger partial charge in [-0.2, -0.15) is 0 Å². The molecular formula is C19H26BrNO3. The zero-order chi connectivity index (χ0) is 17.5. The van der Waals surface area contributed by atoms with Crippen LogP contribution in [-0.4, -0.2) is 33.8 Å². The molecule has 24 heavy (non-hydrogen) atoms. The van der Waals surface area contributed by atoms with Crippen molar-refractivity contribution in [1.82, 2.24) is 4.90 Å². The third-order valence-electron chi connectivity index (χ3n) is 5.17. The van der Waals surface area contributed by atoms with Crippen LogP contribution in [0.2, 0.25) is 0 Å². The first kappa shape index (κ1) is 17.7. The van der Waals surface area contributed by atoms with Crippen molar-refractivity contribution in [3.05, 3.63) is 34.3 Å². The lowest BCUT2D eigenvalue weighted by atomic mass is 9.81. The zero-order valence-electron chi connectivity index (χ0n) is 14.6. The zero-order valence-corrected chi connectivity index (χ0v) is 16.2. The van der Waals surface area contributed by atoms with Crippen molar-refractivity contribution in [2.45, 2.75) is 63.7 Å². The normalized spacial score (nSPS) is 26.2. The summed E-state index contributed by atoms with van der Waals surface area (Å²) >= 11 is 3.44. The third-order valence-corrected chi connectivity index (χ3v) is 5.70. The molecule has 0 spiro atoms. The summed E-state index contributed by atoms with van der Waals surface area (Å²) < 4.78 is 7.00. The van der Waals surface area contributed by atoms with Crippen LogP contribution >= 0.6 is 15.9 Å². The fourth-order valence-corrected chi connectivity index (χ4v) is 4.12. The fourth-order valence-electron chi connectivity index (χ4n) is 3.86. The van der Waals surface area contributed by atoms with Gasteiger partial charge in [0.2, 0.25) is 0 Å². The standard InChI is InChI=1S/C19H26BrNO3/c1-13(14-4-8-16(20)9-5-14)21-11-10-19(15-6-7-15,24-17(21)22)12-18(2,3)23/h4-5,8-9,13,15,23H,6-7,10-12H2,1-3H3/t13-,19+/m0/s1. The third kappa shape index (κ3) is 3.77.